The van der Waals surface area contributed by atoms with Crippen LogP contribution in [0.5, 0.6) is 0 Å². The van der Waals surface area contributed by atoms with Crippen LogP contribution in [-0.4, -0.2) is 9.97 Å². The van der Waals surface area contributed by atoms with E-state index in [9.17, 15) is 0 Å². The molecular weight excluding hydrogens is 164 g/mol. The Labute approximate surface area is 76.4 Å². The Balaban J connectivity index is 2.40. The summed E-state index contributed by atoms with van der Waals surface area (Å²) in [6, 6.07) is 1.93. The third-order valence-electron chi connectivity index (χ3n) is 2.46. The lowest BCUT2D eigenvalue weighted by Gasteiger charge is -2.25. The Kier molecular flexibility index (Phi) is 1.85. The van der Waals surface area contributed by atoms with Crippen molar-refractivity contribution < 1.29 is 0 Å². The average Bonchev–Trinajstić information content (AvgIpc) is 2.05. The first-order chi connectivity index (χ1) is 6.33. The molecule has 65 valence electrons. The normalized spacial score (nSPS) is 16.2. The van der Waals surface area contributed by atoms with Gasteiger partial charge in [0.25, 0.3) is 0 Å². The molecule has 0 aliphatic heterocycles. The molecule has 1 fully saturated rings. The van der Waals surface area contributed by atoms with Gasteiger partial charge in [-0.1, -0.05) is 6.42 Å². The van der Waals surface area contributed by atoms with Crippen LogP contribution in [0.4, 0.5) is 5.69 Å². The Morgan fingerprint density at radius 1 is 1.46 bits per heavy atom. The second kappa shape index (κ2) is 3.02. The maximum atomic E-state index is 8.68. The quantitative estimate of drug-likeness (QED) is 0.687. The molecule has 1 heterocycles. The van der Waals surface area contributed by atoms with Gasteiger partial charge in [-0.15, -0.1) is 0 Å². The van der Waals surface area contributed by atoms with Crippen LogP contribution in [0.2, 0.25) is 0 Å². The van der Waals surface area contributed by atoms with Crippen LogP contribution in [0, 0.1) is 17.7 Å². The van der Waals surface area contributed by atoms with Crippen LogP contribution in [0.3, 0.4) is 0 Å². The number of aromatic nitrogens is 2. The number of nitriles is 1. The van der Waals surface area contributed by atoms with Crippen molar-refractivity contribution in [2.24, 2.45) is 0 Å². The number of hydrogen-bond donors (Lipinski definition) is 1. The van der Waals surface area contributed by atoms with Crippen molar-refractivity contribution in [3.63, 3.8) is 0 Å². The molecule has 1 radical (unpaired) electrons. The minimum atomic E-state index is 0.247. The average molecular weight is 173 g/mol. The Hall–Kier alpha value is -1.63. The van der Waals surface area contributed by atoms with Crippen molar-refractivity contribution >= 4 is 5.69 Å². The zero-order valence-electron chi connectivity index (χ0n) is 7.12. The highest BCUT2D eigenvalue weighted by molar-refractivity contribution is 5.54. The molecular formula is C9H9N4. The molecule has 4 heteroatoms. The topological polar surface area (TPSA) is 75.6 Å². The van der Waals surface area contributed by atoms with Crippen molar-refractivity contribution in [2.45, 2.75) is 25.2 Å². The molecule has 0 saturated heterocycles. The molecule has 2 rings (SSSR count). The van der Waals surface area contributed by atoms with Crippen molar-refractivity contribution in [1.29, 1.82) is 5.26 Å². The number of hydrogen-bond acceptors (Lipinski definition) is 4. The minimum Gasteiger partial charge on any atom is -0.395 e. The monoisotopic (exact) mass is 173 g/mol. The summed E-state index contributed by atoms with van der Waals surface area (Å²) in [5.74, 6) is 0.423. The molecule has 0 atom stereocenters. The summed E-state index contributed by atoms with van der Waals surface area (Å²) in [4.78, 5) is 7.67. The summed E-state index contributed by atoms with van der Waals surface area (Å²) >= 11 is 0. The maximum Gasteiger partial charge on any atom is 0.199 e. The molecule has 0 unspecified atom stereocenters. The molecule has 1 saturated carbocycles. The van der Waals surface area contributed by atoms with E-state index in [1.54, 1.807) is 0 Å². The fourth-order valence-corrected chi connectivity index (χ4v) is 1.45. The summed E-state index contributed by atoms with van der Waals surface area (Å²) in [6.45, 7) is 0. The summed E-state index contributed by atoms with van der Waals surface area (Å²) < 4.78 is 0. The van der Waals surface area contributed by atoms with Gasteiger partial charge in [-0.2, -0.15) is 5.26 Å². The molecule has 0 amide bonds. The SMILES string of the molecule is N#Cc1n[c]nc(C2CCC2)c1N. The van der Waals surface area contributed by atoms with E-state index in [1.165, 1.54) is 6.42 Å². The van der Waals surface area contributed by atoms with Crippen LogP contribution in [0.25, 0.3) is 0 Å². The highest BCUT2D eigenvalue weighted by Gasteiger charge is 2.24. The number of nitrogen functional groups attached to an aromatic ring is 1. The number of nitrogens with zero attached hydrogens (tertiary/aromatic N) is 3. The van der Waals surface area contributed by atoms with Gasteiger partial charge in [0, 0.05) is 5.92 Å². The molecule has 0 spiro atoms. The van der Waals surface area contributed by atoms with Crippen LogP contribution >= 0.6 is 0 Å². The Bertz CT molecular complexity index is 362. The van der Waals surface area contributed by atoms with Gasteiger partial charge in [-0.05, 0) is 12.8 Å². The zero-order chi connectivity index (χ0) is 9.26. The van der Waals surface area contributed by atoms with Gasteiger partial charge in [0.05, 0.1) is 11.4 Å². The van der Waals surface area contributed by atoms with E-state index >= 15 is 0 Å². The highest BCUT2D eigenvalue weighted by atomic mass is 14.9. The van der Waals surface area contributed by atoms with E-state index in [4.69, 9.17) is 11.0 Å². The predicted molar refractivity (Wildman–Crippen MR) is 46.6 cm³/mol. The number of anilines is 1. The highest BCUT2D eigenvalue weighted by Crippen LogP contribution is 2.37. The van der Waals surface area contributed by atoms with Crippen molar-refractivity contribution in [1.82, 2.24) is 9.97 Å². The Morgan fingerprint density at radius 2 is 2.23 bits per heavy atom. The predicted octanol–water partition coefficient (Wildman–Crippen LogP) is 0.998. The molecule has 1 aromatic rings. The van der Waals surface area contributed by atoms with Crippen LogP contribution in [-0.2, 0) is 0 Å². The van der Waals surface area contributed by atoms with E-state index < -0.39 is 0 Å². The van der Waals surface area contributed by atoms with Crippen molar-refractivity contribution in [3.05, 3.63) is 17.7 Å². The molecule has 1 aliphatic rings. The fourth-order valence-electron chi connectivity index (χ4n) is 1.45. The third-order valence-corrected chi connectivity index (χ3v) is 2.46. The van der Waals surface area contributed by atoms with Gasteiger partial charge < -0.3 is 5.73 Å². The molecule has 13 heavy (non-hydrogen) atoms. The van der Waals surface area contributed by atoms with Gasteiger partial charge in [0.2, 0.25) is 0 Å². The van der Waals surface area contributed by atoms with Gasteiger partial charge in [-0.3, -0.25) is 0 Å². The lowest BCUT2D eigenvalue weighted by Crippen LogP contribution is -2.14. The minimum absolute atomic E-state index is 0.247. The molecule has 2 N–H and O–H groups in total. The lowest BCUT2D eigenvalue weighted by molar-refractivity contribution is 0.411. The van der Waals surface area contributed by atoms with E-state index in [0.717, 1.165) is 18.5 Å². The van der Waals surface area contributed by atoms with Gasteiger partial charge in [-0.25, -0.2) is 9.97 Å². The van der Waals surface area contributed by atoms with Crippen molar-refractivity contribution in [2.75, 3.05) is 5.73 Å². The third kappa shape index (κ3) is 1.22. The molecule has 0 aromatic carbocycles. The summed E-state index contributed by atoms with van der Waals surface area (Å²) in [7, 11) is 0. The second-order valence-corrected chi connectivity index (χ2v) is 3.21. The van der Waals surface area contributed by atoms with Crippen LogP contribution in [0.15, 0.2) is 0 Å². The number of rotatable bonds is 1. The smallest absolute Gasteiger partial charge is 0.199 e. The molecule has 0 bridgehead atoms. The summed E-state index contributed by atoms with van der Waals surface area (Å²) in [5, 5.41) is 8.68. The van der Waals surface area contributed by atoms with Gasteiger partial charge >= 0.3 is 0 Å². The maximum absolute atomic E-state index is 8.68. The summed E-state index contributed by atoms with van der Waals surface area (Å²) in [6.07, 6.45) is 5.91. The van der Waals surface area contributed by atoms with Crippen LogP contribution in [0.1, 0.15) is 36.6 Å². The largest absolute Gasteiger partial charge is 0.395 e. The summed E-state index contributed by atoms with van der Waals surface area (Å²) in [5.41, 5.74) is 7.22. The van der Waals surface area contributed by atoms with Crippen molar-refractivity contribution in [3.8, 4) is 6.07 Å². The van der Waals surface area contributed by atoms with E-state index in [-0.39, 0.29) is 5.69 Å². The number of nitrogens with two attached hydrogens (primary N) is 1. The van der Waals surface area contributed by atoms with E-state index in [0.29, 0.717) is 11.6 Å². The zero-order valence-corrected chi connectivity index (χ0v) is 7.12. The lowest BCUT2D eigenvalue weighted by atomic mass is 9.82. The standard InChI is InChI=1S/C9H9N4/c10-4-7-8(11)9(13-5-12-7)6-2-1-3-6/h6H,1-3,11H2. The Morgan fingerprint density at radius 3 is 2.77 bits per heavy atom. The van der Waals surface area contributed by atoms with Gasteiger partial charge in [0.1, 0.15) is 6.07 Å². The van der Waals surface area contributed by atoms with E-state index in [1.807, 2.05) is 6.07 Å². The molecule has 1 aromatic heterocycles. The first-order valence-electron chi connectivity index (χ1n) is 4.26. The van der Waals surface area contributed by atoms with Gasteiger partial charge in [0.15, 0.2) is 12.0 Å². The fraction of sp³-hybridized carbons (Fsp3) is 0.444. The first kappa shape index (κ1) is 7.99. The first-order valence-corrected chi connectivity index (χ1v) is 4.26. The molecule has 1 aliphatic carbocycles. The molecule has 4 nitrogen and oxygen atoms in total. The van der Waals surface area contributed by atoms with E-state index in [2.05, 4.69) is 16.3 Å². The second-order valence-electron chi connectivity index (χ2n) is 3.21. The van der Waals surface area contributed by atoms with Crippen LogP contribution < -0.4 is 5.73 Å².